The molecule has 1 fully saturated rings. The van der Waals surface area contributed by atoms with Gasteiger partial charge in [-0.05, 0) is 23.8 Å². The van der Waals surface area contributed by atoms with Gasteiger partial charge >= 0.3 is 0 Å². The number of benzene rings is 3. The number of nitrogens with zero attached hydrogens (tertiary/aromatic N) is 2. The number of anilines is 1. The highest BCUT2D eigenvalue weighted by molar-refractivity contribution is 6.51. The Bertz CT molecular complexity index is 1240. The maximum absolute atomic E-state index is 14.0. The predicted molar refractivity (Wildman–Crippen MR) is 111 cm³/mol. The Kier molecular flexibility index (Phi) is 5.04. The second kappa shape index (κ2) is 7.83. The van der Waals surface area contributed by atoms with Gasteiger partial charge in [0.25, 0.3) is 17.4 Å². The lowest BCUT2D eigenvalue weighted by atomic mass is 9.95. The number of carbonyl (C=O) groups excluding carboxylic acids is 2. The fraction of sp³-hybridized carbons (Fsp3) is 0.0435. The number of rotatable bonds is 4. The zero-order valence-corrected chi connectivity index (χ0v) is 15.9. The van der Waals surface area contributed by atoms with Crippen molar-refractivity contribution in [3.8, 4) is 0 Å². The number of Topliss-reactive ketones (excluding diaryl/α,β-unsaturated/α-hetero) is 1. The van der Waals surface area contributed by atoms with Crippen LogP contribution in [0, 0.1) is 15.9 Å². The van der Waals surface area contributed by atoms with Crippen molar-refractivity contribution < 1.29 is 24.0 Å². The number of nitro groups is 1. The van der Waals surface area contributed by atoms with Crippen molar-refractivity contribution in [1.29, 1.82) is 0 Å². The number of hydrogen-bond donors (Lipinski definition) is 1. The van der Waals surface area contributed by atoms with Crippen LogP contribution >= 0.6 is 0 Å². The van der Waals surface area contributed by atoms with E-state index in [0.29, 0.717) is 5.56 Å². The lowest BCUT2D eigenvalue weighted by Crippen LogP contribution is -2.29. The first-order valence-electron chi connectivity index (χ1n) is 9.25. The number of nitro benzene ring substituents is 1. The number of non-ortho nitro benzene ring substituents is 1. The van der Waals surface area contributed by atoms with Gasteiger partial charge < -0.3 is 5.11 Å². The van der Waals surface area contributed by atoms with Crippen molar-refractivity contribution in [2.45, 2.75) is 6.04 Å². The van der Waals surface area contributed by atoms with E-state index in [4.69, 9.17) is 0 Å². The van der Waals surface area contributed by atoms with Crippen LogP contribution in [-0.4, -0.2) is 21.7 Å². The van der Waals surface area contributed by atoms with E-state index in [9.17, 15) is 29.2 Å². The Balaban J connectivity index is 1.97. The van der Waals surface area contributed by atoms with Gasteiger partial charge in [0.15, 0.2) is 0 Å². The van der Waals surface area contributed by atoms with Gasteiger partial charge in [0.1, 0.15) is 11.6 Å². The number of aliphatic hydroxyl groups is 1. The molecule has 0 spiro atoms. The normalized spacial score (nSPS) is 17.7. The van der Waals surface area contributed by atoms with E-state index in [1.165, 1.54) is 36.4 Å². The molecule has 0 radical (unpaired) electrons. The lowest BCUT2D eigenvalue weighted by molar-refractivity contribution is -0.384. The molecule has 1 amide bonds. The van der Waals surface area contributed by atoms with Crippen LogP contribution in [-0.2, 0) is 9.59 Å². The van der Waals surface area contributed by atoms with Gasteiger partial charge in [-0.3, -0.25) is 24.6 Å². The second-order valence-corrected chi connectivity index (χ2v) is 6.87. The topological polar surface area (TPSA) is 101 Å². The highest BCUT2D eigenvalue weighted by atomic mass is 19.1. The summed E-state index contributed by atoms with van der Waals surface area (Å²) in [4.78, 5) is 37.5. The molecule has 0 bridgehead atoms. The number of ketones is 1. The number of halogens is 1. The molecule has 0 saturated carbocycles. The molecule has 154 valence electrons. The summed E-state index contributed by atoms with van der Waals surface area (Å²) in [6.07, 6.45) is 0. The quantitative estimate of drug-likeness (QED) is 0.223. The summed E-state index contributed by atoms with van der Waals surface area (Å²) in [5.74, 6) is -2.96. The summed E-state index contributed by atoms with van der Waals surface area (Å²) in [6, 6.07) is 17.5. The minimum atomic E-state index is -1.17. The first kappa shape index (κ1) is 20.0. The van der Waals surface area contributed by atoms with E-state index >= 15 is 0 Å². The maximum Gasteiger partial charge on any atom is 0.300 e. The Morgan fingerprint density at radius 3 is 2.35 bits per heavy atom. The molecule has 1 N–H and O–H groups in total. The van der Waals surface area contributed by atoms with Gasteiger partial charge in [0, 0.05) is 17.7 Å². The third-order valence-corrected chi connectivity index (χ3v) is 4.97. The van der Waals surface area contributed by atoms with E-state index in [1.54, 1.807) is 30.3 Å². The summed E-state index contributed by atoms with van der Waals surface area (Å²) in [5, 5.41) is 22.1. The summed E-state index contributed by atoms with van der Waals surface area (Å²) < 4.78 is 14.0. The predicted octanol–water partition coefficient (Wildman–Crippen LogP) is 4.36. The highest BCUT2D eigenvalue weighted by Gasteiger charge is 2.47. The van der Waals surface area contributed by atoms with Gasteiger partial charge in [0.05, 0.1) is 22.2 Å². The molecule has 3 aromatic carbocycles. The molecule has 1 atom stereocenters. The summed E-state index contributed by atoms with van der Waals surface area (Å²) in [7, 11) is 0. The van der Waals surface area contributed by atoms with Crippen LogP contribution in [0.15, 0.2) is 84.4 Å². The summed E-state index contributed by atoms with van der Waals surface area (Å²) in [6.45, 7) is 0. The van der Waals surface area contributed by atoms with Crippen LogP contribution in [0.1, 0.15) is 17.2 Å². The standard InChI is InChI=1S/C23H15FN2O5/c24-16-9-4-8-15(12-16)20-19(21(27)14-6-2-1-3-7-14)22(28)23(29)25(20)17-10-5-11-18(13-17)26(30)31/h1-13,20,27H. The smallest absolute Gasteiger partial charge is 0.300 e. The van der Waals surface area contributed by atoms with E-state index < -0.39 is 34.2 Å². The van der Waals surface area contributed by atoms with Crippen molar-refractivity contribution in [2.75, 3.05) is 4.90 Å². The Hall–Kier alpha value is -4.33. The molecule has 1 aliphatic rings. The fourth-order valence-electron chi connectivity index (χ4n) is 3.60. The fourth-order valence-corrected chi connectivity index (χ4v) is 3.60. The summed E-state index contributed by atoms with van der Waals surface area (Å²) in [5.41, 5.74) is 0.121. The molecule has 31 heavy (non-hydrogen) atoms. The molecule has 1 aliphatic heterocycles. The number of carbonyl (C=O) groups is 2. The first-order chi connectivity index (χ1) is 14.9. The molecule has 1 unspecified atom stereocenters. The first-order valence-corrected chi connectivity index (χ1v) is 9.25. The molecule has 8 heteroatoms. The van der Waals surface area contributed by atoms with Crippen molar-refractivity contribution in [3.63, 3.8) is 0 Å². The number of amides is 1. The van der Waals surface area contributed by atoms with E-state index in [-0.39, 0.29) is 22.5 Å². The van der Waals surface area contributed by atoms with Crippen molar-refractivity contribution >= 4 is 28.8 Å². The average molecular weight is 418 g/mol. The van der Waals surface area contributed by atoms with E-state index in [0.717, 1.165) is 17.0 Å². The maximum atomic E-state index is 14.0. The van der Waals surface area contributed by atoms with Crippen LogP contribution in [0.2, 0.25) is 0 Å². The minimum absolute atomic E-state index is 0.0812. The monoisotopic (exact) mass is 418 g/mol. The van der Waals surface area contributed by atoms with Crippen LogP contribution in [0.4, 0.5) is 15.8 Å². The van der Waals surface area contributed by atoms with Gasteiger partial charge in [-0.15, -0.1) is 0 Å². The van der Waals surface area contributed by atoms with Crippen molar-refractivity contribution in [1.82, 2.24) is 0 Å². The van der Waals surface area contributed by atoms with Crippen LogP contribution in [0.25, 0.3) is 5.76 Å². The van der Waals surface area contributed by atoms with E-state index in [2.05, 4.69) is 0 Å². The Morgan fingerprint density at radius 1 is 0.968 bits per heavy atom. The molecule has 0 aromatic heterocycles. The lowest BCUT2D eigenvalue weighted by Gasteiger charge is -2.25. The molecule has 1 saturated heterocycles. The minimum Gasteiger partial charge on any atom is -0.507 e. The van der Waals surface area contributed by atoms with Crippen LogP contribution < -0.4 is 4.90 Å². The third kappa shape index (κ3) is 3.55. The van der Waals surface area contributed by atoms with Gasteiger partial charge in [-0.25, -0.2) is 4.39 Å². The zero-order chi connectivity index (χ0) is 22.1. The van der Waals surface area contributed by atoms with Crippen molar-refractivity contribution in [2.24, 2.45) is 0 Å². The molecule has 7 nitrogen and oxygen atoms in total. The average Bonchev–Trinajstić information content (AvgIpc) is 3.04. The number of aliphatic hydroxyl groups excluding tert-OH is 1. The zero-order valence-electron chi connectivity index (χ0n) is 15.9. The van der Waals surface area contributed by atoms with Crippen LogP contribution in [0.3, 0.4) is 0 Å². The van der Waals surface area contributed by atoms with Crippen molar-refractivity contribution in [3.05, 3.63) is 111 Å². The highest BCUT2D eigenvalue weighted by Crippen LogP contribution is 2.42. The molecular formula is C23H15FN2O5. The molecular weight excluding hydrogens is 403 g/mol. The number of hydrogen-bond acceptors (Lipinski definition) is 5. The SMILES string of the molecule is O=C1C(=O)N(c2cccc([N+](=O)[O-])c2)C(c2cccc(F)c2)C1=C(O)c1ccccc1. The molecule has 4 rings (SSSR count). The molecule has 0 aliphatic carbocycles. The largest absolute Gasteiger partial charge is 0.507 e. The van der Waals surface area contributed by atoms with Crippen LogP contribution in [0.5, 0.6) is 0 Å². The summed E-state index contributed by atoms with van der Waals surface area (Å²) >= 11 is 0. The second-order valence-electron chi connectivity index (χ2n) is 6.87. The van der Waals surface area contributed by atoms with Gasteiger partial charge in [-0.1, -0.05) is 48.5 Å². The third-order valence-electron chi connectivity index (χ3n) is 4.97. The molecule has 3 aromatic rings. The Morgan fingerprint density at radius 2 is 1.68 bits per heavy atom. The Labute approximate surface area is 175 Å². The van der Waals surface area contributed by atoms with Gasteiger partial charge in [0.2, 0.25) is 0 Å². The molecule has 1 heterocycles. The van der Waals surface area contributed by atoms with Gasteiger partial charge in [-0.2, -0.15) is 0 Å². The van der Waals surface area contributed by atoms with E-state index in [1.807, 2.05) is 0 Å².